The van der Waals surface area contributed by atoms with Crippen LogP contribution in [-0.2, 0) is 14.3 Å². The zero-order valence-corrected chi connectivity index (χ0v) is 12.3. The maximum atomic E-state index is 12.9. The van der Waals surface area contributed by atoms with Gasteiger partial charge in [0.1, 0.15) is 6.61 Å². The molecule has 3 aliphatic heterocycles. The molecule has 0 saturated carbocycles. The monoisotopic (exact) mass is 292 g/mol. The topological polar surface area (TPSA) is 88.8 Å². The number of aliphatic hydroxyl groups is 1. The fourth-order valence-corrected chi connectivity index (χ4v) is 3.30. The van der Waals surface area contributed by atoms with E-state index < -0.39 is 17.5 Å². The number of rotatable bonds is 4. The fraction of sp³-hybridized carbons (Fsp3) is 0.600. The highest BCUT2D eigenvalue weighted by Crippen LogP contribution is 2.44. The van der Waals surface area contributed by atoms with E-state index in [0.29, 0.717) is 24.1 Å². The number of nitrogens with zero attached hydrogens (tertiary/aromatic N) is 1. The van der Waals surface area contributed by atoms with Gasteiger partial charge in [0.15, 0.2) is 0 Å². The van der Waals surface area contributed by atoms with Gasteiger partial charge in [-0.25, -0.2) is 4.79 Å². The zero-order valence-electron chi connectivity index (χ0n) is 12.3. The second-order valence-electron chi connectivity index (χ2n) is 6.02. The summed E-state index contributed by atoms with van der Waals surface area (Å²) < 4.78 is 4.97. The molecular weight excluding hydrogens is 272 g/mol. The molecule has 6 heteroatoms. The van der Waals surface area contributed by atoms with Crippen LogP contribution in [0.25, 0.3) is 0 Å². The van der Waals surface area contributed by atoms with Crippen molar-refractivity contribution in [2.45, 2.75) is 38.8 Å². The lowest BCUT2D eigenvalue weighted by Crippen LogP contribution is -2.40. The summed E-state index contributed by atoms with van der Waals surface area (Å²) in [7, 11) is 0. The molecule has 3 unspecified atom stereocenters. The third-order valence-electron chi connectivity index (χ3n) is 4.97. The van der Waals surface area contributed by atoms with Gasteiger partial charge in [0.25, 0.3) is 0 Å². The molecule has 2 fully saturated rings. The van der Waals surface area contributed by atoms with Crippen LogP contribution >= 0.6 is 0 Å². The van der Waals surface area contributed by atoms with Gasteiger partial charge in [-0.15, -0.1) is 0 Å². The van der Waals surface area contributed by atoms with E-state index in [1.165, 1.54) is 4.90 Å². The highest BCUT2D eigenvalue weighted by Gasteiger charge is 2.56. The SMILES string of the molecule is C=C1NC1CC1(CC)C(=O)N(C2=C(C)C(=O)OC2)CC1O. The number of ether oxygens (including phenoxy) is 1. The van der Waals surface area contributed by atoms with Crippen LogP contribution in [0.4, 0.5) is 0 Å². The van der Waals surface area contributed by atoms with Gasteiger partial charge < -0.3 is 20.1 Å². The van der Waals surface area contributed by atoms with Gasteiger partial charge in [-0.2, -0.15) is 0 Å². The molecule has 0 aromatic rings. The van der Waals surface area contributed by atoms with Crippen molar-refractivity contribution in [1.29, 1.82) is 0 Å². The Hall–Kier alpha value is -1.82. The number of hydrogen-bond donors (Lipinski definition) is 2. The average molecular weight is 292 g/mol. The molecule has 2 N–H and O–H groups in total. The number of aliphatic hydroxyl groups excluding tert-OH is 1. The molecule has 114 valence electrons. The van der Waals surface area contributed by atoms with Crippen LogP contribution in [0.2, 0.25) is 0 Å². The number of carbonyl (C=O) groups is 2. The molecule has 0 aromatic heterocycles. The summed E-state index contributed by atoms with van der Waals surface area (Å²) in [5, 5.41) is 13.6. The van der Waals surface area contributed by atoms with E-state index in [4.69, 9.17) is 4.74 Å². The molecule has 0 aromatic carbocycles. The largest absolute Gasteiger partial charge is 0.456 e. The van der Waals surface area contributed by atoms with Crippen molar-refractivity contribution in [2.24, 2.45) is 5.41 Å². The summed E-state index contributed by atoms with van der Waals surface area (Å²) in [5.41, 5.74) is 1.14. The van der Waals surface area contributed by atoms with Gasteiger partial charge in [0.2, 0.25) is 5.91 Å². The molecule has 3 heterocycles. The summed E-state index contributed by atoms with van der Waals surface area (Å²) in [6, 6.07) is 0.0973. The summed E-state index contributed by atoms with van der Waals surface area (Å²) in [5.74, 6) is -0.509. The van der Waals surface area contributed by atoms with Crippen molar-refractivity contribution >= 4 is 11.9 Å². The average Bonchev–Trinajstić information content (AvgIpc) is 2.97. The Kier molecular flexibility index (Phi) is 3.09. The summed E-state index contributed by atoms with van der Waals surface area (Å²) >= 11 is 0. The van der Waals surface area contributed by atoms with Crippen LogP contribution in [0.15, 0.2) is 23.5 Å². The van der Waals surface area contributed by atoms with Crippen molar-refractivity contribution in [3.8, 4) is 0 Å². The number of carbonyl (C=O) groups excluding carboxylic acids is 2. The van der Waals surface area contributed by atoms with E-state index in [9.17, 15) is 14.7 Å². The summed E-state index contributed by atoms with van der Waals surface area (Å²) in [6.45, 7) is 7.72. The van der Waals surface area contributed by atoms with E-state index >= 15 is 0 Å². The number of esters is 1. The number of hydrogen-bond acceptors (Lipinski definition) is 5. The van der Waals surface area contributed by atoms with Crippen LogP contribution in [0.5, 0.6) is 0 Å². The zero-order chi connectivity index (χ0) is 15.4. The standard InChI is InChI=1S/C15H20N2O4/c1-4-15(5-10-9(3)16-10)12(18)6-17(14(15)20)11-7-21-13(19)8(11)2/h10,12,16,18H,3-7H2,1-2H3. The lowest BCUT2D eigenvalue weighted by molar-refractivity contribution is -0.139. The Morgan fingerprint density at radius 1 is 1.52 bits per heavy atom. The Balaban J connectivity index is 1.89. The summed E-state index contributed by atoms with van der Waals surface area (Å²) in [6.07, 6.45) is 0.344. The van der Waals surface area contributed by atoms with Crippen molar-refractivity contribution in [1.82, 2.24) is 10.2 Å². The molecule has 3 aliphatic rings. The van der Waals surface area contributed by atoms with Crippen LogP contribution in [0.3, 0.4) is 0 Å². The van der Waals surface area contributed by atoms with E-state index in [2.05, 4.69) is 11.9 Å². The number of amides is 1. The first-order valence-corrected chi connectivity index (χ1v) is 7.23. The third kappa shape index (κ3) is 1.97. The lowest BCUT2D eigenvalue weighted by Gasteiger charge is -2.28. The predicted octanol–water partition coefficient (Wildman–Crippen LogP) is 0.292. The van der Waals surface area contributed by atoms with E-state index in [0.717, 1.165) is 5.70 Å². The molecule has 3 rings (SSSR count). The molecule has 0 bridgehead atoms. The normalized spacial score (nSPS) is 35.4. The van der Waals surface area contributed by atoms with Crippen LogP contribution in [0.1, 0.15) is 26.7 Å². The highest BCUT2D eigenvalue weighted by molar-refractivity contribution is 5.94. The molecule has 21 heavy (non-hydrogen) atoms. The second-order valence-corrected chi connectivity index (χ2v) is 6.02. The third-order valence-corrected chi connectivity index (χ3v) is 4.97. The highest BCUT2D eigenvalue weighted by atomic mass is 16.5. The molecule has 0 radical (unpaired) electrons. The molecular formula is C15H20N2O4. The molecule has 0 spiro atoms. The summed E-state index contributed by atoms with van der Waals surface area (Å²) in [4.78, 5) is 25.9. The number of nitrogens with one attached hydrogen (secondary N) is 1. The molecule has 2 saturated heterocycles. The van der Waals surface area contributed by atoms with Crippen molar-refractivity contribution < 1.29 is 19.4 Å². The van der Waals surface area contributed by atoms with Crippen molar-refractivity contribution in [3.63, 3.8) is 0 Å². The predicted molar refractivity (Wildman–Crippen MR) is 74.8 cm³/mol. The van der Waals surface area contributed by atoms with Crippen LogP contribution < -0.4 is 5.32 Å². The maximum absolute atomic E-state index is 12.9. The first-order valence-electron chi connectivity index (χ1n) is 7.23. The number of cyclic esters (lactones) is 1. The first-order chi connectivity index (χ1) is 9.90. The maximum Gasteiger partial charge on any atom is 0.336 e. The Morgan fingerprint density at radius 2 is 2.19 bits per heavy atom. The Morgan fingerprint density at radius 3 is 2.67 bits per heavy atom. The minimum atomic E-state index is -0.809. The van der Waals surface area contributed by atoms with Gasteiger partial charge in [0.05, 0.1) is 35.4 Å². The molecule has 6 nitrogen and oxygen atoms in total. The van der Waals surface area contributed by atoms with Gasteiger partial charge in [0, 0.05) is 5.70 Å². The van der Waals surface area contributed by atoms with Gasteiger partial charge in [-0.3, -0.25) is 4.79 Å². The molecule has 1 amide bonds. The van der Waals surface area contributed by atoms with Gasteiger partial charge >= 0.3 is 5.97 Å². The van der Waals surface area contributed by atoms with Gasteiger partial charge in [-0.1, -0.05) is 13.5 Å². The van der Waals surface area contributed by atoms with E-state index in [-0.39, 0.29) is 25.1 Å². The second kappa shape index (κ2) is 4.59. The fourth-order valence-electron chi connectivity index (χ4n) is 3.30. The van der Waals surface area contributed by atoms with Gasteiger partial charge in [-0.05, 0) is 19.8 Å². The minimum Gasteiger partial charge on any atom is -0.456 e. The number of β-amino-alcohol motifs (C(OH)–C–C–N with tert-alkyl or cyclic N) is 1. The van der Waals surface area contributed by atoms with Crippen LogP contribution in [-0.4, -0.2) is 47.2 Å². The van der Waals surface area contributed by atoms with Crippen molar-refractivity contribution in [2.75, 3.05) is 13.2 Å². The Bertz CT molecular complexity index is 568. The molecule has 0 aliphatic carbocycles. The van der Waals surface area contributed by atoms with E-state index in [1.807, 2.05) is 6.92 Å². The quantitative estimate of drug-likeness (QED) is 0.574. The first kappa shape index (κ1) is 14.1. The van der Waals surface area contributed by atoms with Crippen molar-refractivity contribution in [3.05, 3.63) is 23.5 Å². The lowest BCUT2D eigenvalue weighted by atomic mass is 9.77. The minimum absolute atomic E-state index is 0.0973. The van der Waals surface area contributed by atoms with Crippen LogP contribution in [0, 0.1) is 5.41 Å². The molecule has 3 atom stereocenters. The Labute approximate surface area is 123 Å². The number of likely N-dealkylation sites (tertiary alicyclic amines) is 1. The van der Waals surface area contributed by atoms with E-state index in [1.54, 1.807) is 6.92 Å². The smallest absolute Gasteiger partial charge is 0.336 e.